The molecule has 1 N–H and O–H groups in total. The number of hydrogen-bond donors (Lipinski definition) is 1. The molecule has 62 heavy (non-hydrogen) atoms. The lowest BCUT2D eigenvalue weighted by Gasteiger charge is -2.44. The van der Waals surface area contributed by atoms with Crippen LogP contribution >= 0.6 is 11.3 Å². The van der Waals surface area contributed by atoms with Gasteiger partial charge in [-0.3, -0.25) is 9.59 Å². The molecule has 14 heteroatoms. The molecule has 342 valence electrons. The maximum Gasteiger partial charge on any atom is 0.306 e. The predicted octanol–water partition coefficient (Wildman–Crippen LogP) is 7.77. The van der Waals surface area contributed by atoms with E-state index in [1.54, 1.807) is 32.7 Å². The average molecular weight is 880 g/mol. The van der Waals surface area contributed by atoms with E-state index in [2.05, 4.69) is 44.2 Å². The van der Waals surface area contributed by atoms with Crippen LogP contribution in [0.3, 0.4) is 0 Å². The molecule has 2 aromatic rings. The third-order valence-corrected chi connectivity index (χ3v) is 16.0. The Morgan fingerprint density at radius 1 is 0.871 bits per heavy atom. The van der Waals surface area contributed by atoms with Crippen LogP contribution in [0.25, 0.3) is 0 Å². The van der Waals surface area contributed by atoms with E-state index in [1.807, 2.05) is 44.2 Å². The highest BCUT2D eigenvalue weighted by Gasteiger charge is 2.57. The van der Waals surface area contributed by atoms with Crippen LogP contribution in [0.15, 0.2) is 42.0 Å². The number of esters is 1. The molecule has 4 fully saturated rings. The fourth-order valence-electron chi connectivity index (χ4n) is 11.8. The second kappa shape index (κ2) is 19.8. The Labute approximate surface area is 371 Å². The Morgan fingerprint density at radius 3 is 2.32 bits per heavy atom. The van der Waals surface area contributed by atoms with Crippen molar-refractivity contribution in [3.63, 3.8) is 0 Å². The molecule has 1 aromatic carbocycles. The maximum absolute atomic E-state index is 15.2. The minimum absolute atomic E-state index is 0.00724. The number of cyclic esters (lactones) is 1. The summed E-state index contributed by atoms with van der Waals surface area (Å²) in [5.41, 5.74) is 2.62. The number of anilines is 2. The highest BCUT2D eigenvalue weighted by Crippen LogP contribution is 2.63. The van der Waals surface area contributed by atoms with E-state index in [9.17, 15) is 4.79 Å². The number of methoxy groups -OCH3 is 3. The van der Waals surface area contributed by atoms with Crippen LogP contribution < -0.4 is 5.32 Å². The summed E-state index contributed by atoms with van der Waals surface area (Å²) in [6, 6.07) is 10.4. The van der Waals surface area contributed by atoms with Gasteiger partial charge in [0.25, 0.3) is 0 Å². The number of thiazole rings is 1. The molecular weight excluding hydrogens is 811 g/mol. The summed E-state index contributed by atoms with van der Waals surface area (Å²) >= 11 is 1.68. The van der Waals surface area contributed by atoms with Crippen molar-refractivity contribution in [2.75, 3.05) is 40.7 Å². The summed E-state index contributed by atoms with van der Waals surface area (Å²) in [4.78, 5) is 38.0. The zero-order valence-corrected chi connectivity index (χ0v) is 38.8. The largest absolute Gasteiger partial charge is 0.462 e. The van der Waals surface area contributed by atoms with E-state index in [0.29, 0.717) is 24.5 Å². The number of hydrogen-bond acceptors (Lipinski definition) is 14. The molecule has 1 aromatic heterocycles. The SMILES string of the molecule is CC[C@H]1CCC[C@H](O[C@H]2CC[C@H](N(C)C)C(C)O2)[C@@H](C)C(=O)C2=C[C@@H]3C(c4nc(Nc5ccccc5)sc4C4C[C@@H](O[C@@H]5OC(C)[C@H](OC)C(OC)C5OC)C[C@H]43)[C@@H]2CC(=O)O1. The molecular formula is C48H69N3O10S. The van der Waals surface area contributed by atoms with Crippen LogP contribution in [0.1, 0.15) is 108 Å². The molecule has 0 radical (unpaired) electrons. The zero-order chi connectivity index (χ0) is 43.8. The van der Waals surface area contributed by atoms with Crippen LogP contribution in [0.4, 0.5) is 10.8 Å². The van der Waals surface area contributed by atoms with Gasteiger partial charge in [0.15, 0.2) is 23.5 Å². The molecule has 17 atom stereocenters. The van der Waals surface area contributed by atoms with E-state index in [1.165, 1.54) is 4.88 Å². The third-order valence-electron chi connectivity index (χ3n) is 14.9. The minimum Gasteiger partial charge on any atom is -0.462 e. The fraction of sp³-hybridized carbons (Fsp3) is 0.729. The van der Waals surface area contributed by atoms with Gasteiger partial charge in [-0.05, 0) is 109 Å². The van der Waals surface area contributed by atoms with Crippen LogP contribution in [-0.4, -0.2) is 125 Å². The number of carbonyl (C=O) groups is 2. The summed E-state index contributed by atoms with van der Waals surface area (Å²) < 4.78 is 50.6. The van der Waals surface area contributed by atoms with Crippen molar-refractivity contribution in [2.45, 2.75) is 165 Å². The average Bonchev–Trinajstić information content (AvgIpc) is 3.97. The van der Waals surface area contributed by atoms with E-state index in [0.717, 1.165) is 55.0 Å². The van der Waals surface area contributed by atoms with Gasteiger partial charge in [0.2, 0.25) is 0 Å². The molecule has 3 aliphatic carbocycles. The van der Waals surface area contributed by atoms with Gasteiger partial charge in [0, 0.05) is 61.6 Å². The van der Waals surface area contributed by atoms with E-state index in [4.69, 9.17) is 42.9 Å². The summed E-state index contributed by atoms with van der Waals surface area (Å²) in [5, 5.41) is 4.36. The monoisotopic (exact) mass is 879 g/mol. The maximum atomic E-state index is 15.2. The second-order valence-corrected chi connectivity index (χ2v) is 19.8. The second-order valence-electron chi connectivity index (χ2n) is 18.8. The van der Waals surface area contributed by atoms with Crippen LogP contribution in [0, 0.1) is 23.7 Å². The first-order valence-corrected chi connectivity index (χ1v) is 23.9. The van der Waals surface area contributed by atoms with Crippen molar-refractivity contribution in [2.24, 2.45) is 23.7 Å². The molecule has 4 heterocycles. The van der Waals surface area contributed by atoms with Crippen LogP contribution in [-0.2, 0) is 47.5 Å². The number of likely N-dealkylation sites (N-methyl/N-ethyl adjacent to an activating group) is 1. The van der Waals surface area contributed by atoms with Crippen molar-refractivity contribution in [1.29, 1.82) is 0 Å². The first-order valence-electron chi connectivity index (χ1n) is 23.1. The topological polar surface area (TPSA) is 136 Å². The van der Waals surface area contributed by atoms with Gasteiger partial charge in [0.05, 0.1) is 36.5 Å². The van der Waals surface area contributed by atoms with E-state index >= 15 is 4.79 Å². The Bertz CT molecular complexity index is 1880. The number of rotatable bonds is 11. The predicted molar refractivity (Wildman–Crippen MR) is 235 cm³/mol. The molecule has 6 unspecified atom stereocenters. The Kier molecular flexibility index (Phi) is 14.6. The number of carbonyl (C=O) groups excluding carboxylic acids is 2. The van der Waals surface area contributed by atoms with E-state index < -0.39 is 24.2 Å². The number of fused-ring (bicyclic) bond motifs is 8. The minimum atomic E-state index is -0.661. The normalized spacial score (nSPS) is 40.0. The zero-order valence-electron chi connectivity index (χ0n) is 38.0. The number of para-hydroxylation sites is 1. The number of aromatic nitrogens is 1. The van der Waals surface area contributed by atoms with Crippen LogP contribution in [0.5, 0.6) is 0 Å². The van der Waals surface area contributed by atoms with Crippen molar-refractivity contribution < 1.29 is 47.5 Å². The Balaban J connectivity index is 1.13. The number of ketones is 1. The molecule has 6 aliphatic rings. The molecule has 13 nitrogen and oxygen atoms in total. The Hall–Kier alpha value is -2.79. The Morgan fingerprint density at radius 2 is 1.63 bits per heavy atom. The first-order chi connectivity index (χ1) is 29.9. The van der Waals surface area contributed by atoms with Crippen molar-refractivity contribution in [1.82, 2.24) is 9.88 Å². The number of Topliss-reactive ketones (excluding diaryl/α,β-unsaturated/α-hetero) is 1. The number of nitrogens with zero attached hydrogens (tertiary/aromatic N) is 2. The van der Waals surface area contributed by atoms with Gasteiger partial charge >= 0.3 is 5.97 Å². The highest BCUT2D eigenvalue weighted by molar-refractivity contribution is 7.15. The third kappa shape index (κ3) is 9.19. The van der Waals surface area contributed by atoms with Gasteiger partial charge in [-0.2, -0.15) is 0 Å². The highest BCUT2D eigenvalue weighted by atomic mass is 32.1. The summed E-state index contributed by atoms with van der Waals surface area (Å²) in [5.74, 6) is -1.01. The summed E-state index contributed by atoms with van der Waals surface area (Å²) in [7, 11) is 9.16. The number of benzene rings is 1. The van der Waals surface area contributed by atoms with Gasteiger partial charge < -0.3 is 48.1 Å². The molecule has 3 aliphatic heterocycles. The molecule has 0 bridgehead atoms. The van der Waals surface area contributed by atoms with Crippen molar-refractivity contribution >= 4 is 33.9 Å². The molecule has 8 rings (SSSR count). The fourth-order valence-corrected chi connectivity index (χ4v) is 13.0. The summed E-state index contributed by atoms with van der Waals surface area (Å²) in [6.07, 6.45) is 5.24. The number of allylic oxidation sites excluding steroid dienone is 2. The van der Waals surface area contributed by atoms with Crippen molar-refractivity contribution in [3.8, 4) is 0 Å². The smallest absolute Gasteiger partial charge is 0.306 e. The lowest BCUT2D eigenvalue weighted by atomic mass is 9.67. The molecule has 3 saturated heterocycles. The lowest BCUT2D eigenvalue weighted by Crippen LogP contribution is -2.59. The first kappa shape index (κ1) is 45.8. The molecule has 1 saturated carbocycles. The summed E-state index contributed by atoms with van der Waals surface area (Å²) in [6.45, 7) is 8.17. The standard InChI is InChI=1S/C48H69N3O10S/c1-10-29-17-14-18-37(61-39-20-19-36(51(5)6)26(3)57-39)25(2)42(53)34-23-32-31-21-30(60-47-45(56-9)44(55-8)43(54-7)27(4)58-47)22-35(31)46-41(40(32)33(34)24-38(52)59-29)50-48(62-46)49-28-15-12-11-13-16-28/h11-13,15-16,23,25-27,29-33,35-37,39-40,43-45,47H,10,14,17-22,24H2,1-9H3,(H,49,50)/t25-,26?,27?,29+,30+,31+,32+,33-,35?,36+,37+,39+,40?,43+,44?,45?,47+/m1/s1. The van der Waals surface area contributed by atoms with Crippen LogP contribution in [0.2, 0.25) is 0 Å². The lowest BCUT2D eigenvalue weighted by molar-refractivity contribution is -0.314. The van der Waals surface area contributed by atoms with Crippen molar-refractivity contribution in [3.05, 3.63) is 52.6 Å². The molecule has 0 amide bonds. The number of ether oxygens (including phenoxy) is 8. The van der Waals surface area contributed by atoms with Gasteiger partial charge in [-0.25, -0.2) is 4.98 Å². The van der Waals surface area contributed by atoms with Gasteiger partial charge in [-0.1, -0.05) is 38.1 Å². The number of nitrogens with one attached hydrogen (secondary N) is 1. The quantitative estimate of drug-likeness (QED) is 0.221. The van der Waals surface area contributed by atoms with Gasteiger partial charge in [0.1, 0.15) is 24.4 Å². The molecule has 0 spiro atoms. The van der Waals surface area contributed by atoms with E-state index in [-0.39, 0.29) is 90.9 Å². The van der Waals surface area contributed by atoms with Gasteiger partial charge in [-0.15, -0.1) is 11.3 Å².